The number of hydrogen-bond donors (Lipinski definition) is 0. The summed E-state index contributed by atoms with van der Waals surface area (Å²) in [5.41, 5.74) is 0. The Morgan fingerprint density at radius 1 is 1.38 bits per heavy atom. The molecule has 16 heavy (non-hydrogen) atoms. The highest BCUT2D eigenvalue weighted by atomic mass is 16.7. The largest absolute Gasteiger partial charge is 0.508 e. The second kappa shape index (κ2) is 5.50. The van der Waals surface area contributed by atoms with Crippen LogP contribution in [0.3, 0.4) is 0 Å². The maximum Gasteiger partial charge on any atom is 0.508 e. The van der Waals surface area contributed by atoms with E-state index in [0.717, 1.165) is 0 Å². The van der Waals surface area contributed by atoms with Crippen LogP contribution in [-0.4, -0.2) is 37.9 Å². The zero-order valence-electron chi connectivity index (χ0n) is 10.3. The van der Waals surface area contributed by atoms with Gasteiger partial charge in [-0.2, -0.15) is 0 Å². The quantitative estimate of drug-likeness (QED) is 0.696. The normalized spacial score (nSPS) is 20.8. The third-order valence-corrected chi connectivity index (χ3v) is 2.10. The molecule has 94 valence electrons. The molecular weight excluding hydrogens is 212 g/mol. The molecule has 1 heterocycles. The van der Waals surface area contributed by atoms with Crippen LogP contribution in [0.1, 0.15) is 27.7 Å². The Balaban J connectivity index is 2.17. The van der Waals surface area contributed by atoms with Crippen molar-refractivity contribution < 1.29 is 23.7 Å². The Labute approximate surface area is 96.0 Å². The summed E-state index contributed by atoms with van der Waals surface area (Å²) in [5.74, 6) is -0.456. The first-order chi connectivity index (χ1) is 7.39. The summed E-state index contributed by atoms with van der Waals surface area (Å²) in [6.07, 6.45) is -0.801. The minimum Gasteiger partial charge on any atom is -0.434 e. The van der Waals surface area contributed by atoms with E-state index in [-0.39, 0.29) is 18.6 Å². The number of hydrogen-bond acceptors (Lipinski definition) is 5. The molecule has 0 aromatic carbocycles. The minimum absolute atomic E-state index is 0.0766. The van der Waals surface area contributed by atoms with E-state index in [2.05, 4.69) is 0 Å². The van der Waals surface area contributed by atoms with Crippen molar-refractivity contribution >= 4 is 6.16 Å². The molecule has 0 radical (unpaired) electrons. The van der Waals surface area contributed by atoms with Crippen molar-refractivity contribution in [3.8, 4) is 0 Å². The topological polar surface area (TPSA) is 54.0 Å². The van der Waals surface area contributed by atoms with Gasteiger partial charge < -0.3 is 18.9 Å². The van der Waals surface area contributed by atoms with Gasteiger partial charge >= 0.3 is 6.16 Å². The van der Waals surface area contributed by atoms with Gasteiger partial charge in [0, 0.05) is 5.92 Å². The molecule has 0 spiro atoms. The first kappa shape index (κ1) is 13.3. The van der Waals surface area contributed by atoms with Gasteiger partial charge in [0.25, 0.3) is 0 Å². The Morgan fingerprint density at radius 2 is 1.94 bits per heavy atom. The van der Waals surface area contributed by atoms with Crippen LogP contribution in [0, 0.1) is 5.92 Å². The fourth-order valence-corrected chi connectivity index (χ4v) is 1.24. The molecule has 0 aromatic rings. The van der Waals surface area contributed by atoms with Crippen LogP contribution in [0.25, 0.3) is 0 Å². The van der Waals surface area contributed by atoms with Crippen molar-refractivity contribution in [1.82, 2.24) is 0 Å². The van der Waals surface area contributed by atoms with E-state index in [0.29, 0.717) is 13.2 Å². The van der Waals surface area contributed by atoms with Gasteiger partial charge in [0.1, 0.15) is 6.61 Å². The van der Waals surface area contributed by atoms with Crippen molar-refractivity contribution in [3.63, 3.8) is 0 Å². The van der Waals surface area contributed by atoms with Gasteiger partial charge in [0.15, 0.2) is 5.79 Å². The molecule has 1 aliphatic heterocycles. The van der Waals surface area contributed by atoms with E-state index in [1.54, 1.807) is 13.8 Å². The second-order valence-corrected chi connectivity index (χ2v) is 4.62. The van der Waals surface area contributed by atoms with Gasteiger partial charge in [-0.25, -0.2) is 4.79 Å². The average molecular weight is 232 g/mol. The zero-order valence-corrected chi connectivity index (χ0v) is 10.3. The third kappa shape index (κ3) is 4.81. The summed E-state index contributed by atoms with van der Waals surface area (Å²) >= 11 is 0. The fraction of sp³-hybridized carbons (Fsp3) is 0.909. The minimum atomic E-state index is -0.639. The highest BCUT2D eigenvalue weighted by Gasteiger charge is 2.29. The van der Waals surface area contributed by atoms with E-state index >= 15 is 0 Å². The van der Waals surface area contributed by atoms with Gasteiger partial charge in [0.05, 0.1) is 19.3 Å². The molecular formula is C11H20O5. The third-order valence-electron chi connectivity index (χ3n) is 2.10. The second-order valence-electron chi connectivity index (χ2n) is 4.62. The summed E-state index contributed by atoms with van der Waals surface area (Å²) in [6.45, 7) is 8.59. The van der Waals surface area contributed by atoms with Crippen LogP contribution < -0.4 is 0 Å². The molecule has 0 unspecified atom stereocenters. The van der Waals surface area contributed by atoms with Gasteiger partial charge in [0.2, 0.25) is 0 Å². The first-order valence-corrected chi connectivity index (χ1v) is 5.50. The predicted molar refractivity (Wildman–Crippen MR) is 57.0 cm³/mol. The summed E-state index contributed by atoms with van der Waals surface area (Å²) in [5, 5.41) is 0. The molecule has 1 aliphatic rings. The summed E-state index contributed by atoms with van der Waals surface area (Å²) < 4.78 is 20.7. The van der Waals surface area contributed by atoms with E-state index < -0.39 is 11.9 Å². The van der Waals surface area contributed by atoms with Gasteiger partial charge in [-0.3, -0.25) is 0 Å². The van der Waals surface area contributed by atoms with Crippen LogP contribution in [0.2, 0.25) is 0 Å². The molecule has 0 aliphatic carbocycles. The SMILES string of the molecule is CC(C)OC(=O)OCC1COC(C)(C)OC1. The monoisotopic (exact) mass is 232 g/mol. The first-order valence-electron chi connectivity index (χ1n) is 5.50. The molecule has 5 nitrogen and oxygen atoms in total. The van der Waals surface area contributed by atoms with E-state index in [1.807, 2.05) is 13.8 Å². The smallest absolute Gasteiger partial charge is 0.434 e. The van der Waals surface area contributed by atoms with E-state index in [9.17, 15) is 4.79 Å². The molecule has 0 atom stereocenters. The van der Waals surface area contributed by atoms with Crippen LogP contribution in [0.15, 0.2) is 0 Å². The Bertz CT molecular complexity index is 227. The summed E-state index contributed by atoms with van der Waals surface area (Å²) in [6, 6.07) is 0. The number of rotatable bonds is 3. The predicted octanol–water partition coefficient (Wildman–Crippen LogP) is 1.95. The summed E-state index contributed by atoms with van der Waals surface area (Å²) in [4.78, 5) is 11.1. The van der Waals surface area contributed by atoms with Gasteiger partial charge in [-0.15, -0.1) is 0 Å². The molecule has 0 saturated carbocycles. The molecule has 0 N–H and O–H groups in total. The number of carbonyl (C=O) groups is 1. The van der Waals surface area contributed by atoms with E-state index in [4.69, 9.17) is 18.9 Å². The van der Waals surface area contributed by atoms with Gasteiger partial charge in [-0.1, -0.05) is 0 Å². The lowest BCUT2D eigenvalue weighted by atomic mass is 10.1. The average Bonchev–Trinajstić information content (AvgIpc) is 2.15. The van der Waals surface area contributed by atoms with Crippen molar-refractivity contribution in [1.29, 1.82) is 0 Å². The Hall–Kier alpha value is -0.810. The van der Waals surface area contributed by atoms with Crippen LogP contribution in [-0.2, 0) is 18.9 Å². The highest BCUT2D eigenvalue weighted by Crippen LogP contribution is 2.20. The molecule has 0 aromatic heterocycles. The Kier molecular flexibility index (Phi) is 4.56. The summed E-state index contributed by atoms with van der Waals surface area (Å²) in [7, 11) is 0. The molecule has 1 rings (SSSR count). The van der Waals surface area contributed by atoms with Crippen molar-refractivity contribution in [2.24, 2.45) is 5.92 Å². The highest BCUT2D eigenvalue weighted by molar-refractivity contribution is 5.59. The molecule has 0 amide bonds. The number of ether oxygens (including phenoxy) is 4. The van der Waals surface area contributed by atoms with Crippen LogP contribution in [0.4, 0.5) is 4.79 Å². The zero-order chi connectivity index (χ0) is 12.2. The fourth-order valence-electron chi connectivity index (χ4n) is 1.24. The standard InChI is InChI=1S/C11H20O5/c1-8(2)16-10(12)13-5-9-6-14-11(3,4)15-7-9/h8-9H,5-7H2,1-4H3. The molecule has 5 heteroatoms. The van der Waals surface area contributed by atoms with E-state index in [1.165, 1.54) is 0 Å². The molecule has 0 bridgehead atoms. The molecule has 1 saturated heterocycles. The van der Waals surface area contributed by atoms with Crippen LogP contribution in [0.5, 0.6) is 0 Å². The van der Waals surface area contributed by atoms with Gasteiger partial charge in [-0.05, 0) is 27.7 Å². The number of carbonyl (C=O) groups excluding carboxylic acids is 1. The van der Waals surface area contributed by atoms with Crippen LogP contribution >= 0.6 is 0 Å². The van der Waals surface area contributed by atoms with Crippen molar-refractivity contribution in [3.05, 3.63) is 0 Å². The lowest BCUT2D eigenvalue weighted by Gasteiger charge is -2.34. The Morgan fingerprint density at radius 3 is 2.44 bits per heavy atom. The molecule has 1 fully saturated rings. The maximum absolute atomic E-state index is 11.1. The lowest BCUT2D eigenvalue weighted by molar-refractivity contribution is -0.265. The maximum atomic E-state index is 11.1. The van der Waals surface area contributed by atoms with Crippen molar-refractivity contribution in [2.45, 2.75) is 39.6 Å². The lowest BCUT2D eigenvalue weighted by Crippen LogP contribution is -2.41. The van der Waals surface area contributed by atoms with Crippen molar-refractivity contribution in [2.75, 3.05) is 19.8 Å².